The van der Waals surface area contributed by atoms with Crippen LogP contribution >= 0.6 is 22.9 Å². The first-order valence-corrected chi connectivity index (χ1v) is 4.75. The lowest BCUT2D eigenvalue weighted by molar-refractivity contribution is 0.0690. The fourth-order valence-electron chi connectivity index (χ4n) is 1.07. The van der Waals surface area contributed by atoms with Crippen molar-refractivity contribution in [1.29, 1.82) is 0 Å². The van der Waals surface area contributed by atoms with Gasteiger partial charge >= 0.3 is 5.97 Å². The largest absolute Gasteiger partial charge is 0.507 e. The molecule has 1 aromatic carbocycles. The fourth-order valence-corrected chi connectivity index (χ4v) is 1.51. The number of benzene rings is 1. The highest BCUT2D eigenvalue weighted by Gasteiger charge is 2.16. The standard InChI is InChI=1S/C8H8INO4/c9-10-3-4-1-5(11)7(8(13)14)6(12)2-4/h1-2,10-12H,3H2,(H,13,14). The highest BCUT2D eigenvalue weighted by Crippen LogP contribution is 2.28. The summed E-state index contributed by atoms with van der Waals surface area (Å²) in [6.07, 6.45) is 0. The molecular formula is C8H8INO4. The van der Waals surface area contributed by atoms with E-state index in [1.54, 1.807) is 0 Å². The van der Waals surface area contributed by atoms with Gasteiger partial charge < -0.3 is 15.3 Å². The summed E-state index contributed by atoms with van der Waals surface area (Å²) in [5.41, 5.74) is 0.140. The van der Waals surface area contributed by atoms with Crippen LogP contribution in [0.25, 0.3) is 0 Å². The summed E-state index contributed by atoms with van der Waals surface area (Å²) in [5.74, 6) is -2.22. The van der Waals surface area contributed by atoms with Crippen LogP contribution in [0.5, 0.6) is 11.5 Å². The Kier molecular flexibility index (Phi) is 3.53. The van der Waals surface area contributed by atoms with Crippen molar-refractivity contribution in [3.8, 4) is 11.5 Å². The summed E-state index contributed by atoms with van der Waals surface area (Å²) in [6.45, 7) is 0.432. The van der Waals surface area contributed by atoms with Crippen LogP contribution < -0.4 is 3.53 Å². The van der Waals surface area contributed by atoms with E-state index in [2.05, 4.69) is 3.53 Å². The molecule has 0 aliphatic heterocycles. The van der Waals surface area contributed by atoms with Crippen molar-refractivity contribution in [2.75, 3.05) is 0 Å². The number of hydrogen-bond donors (Lipinski definition) is 4. The van der Waals surface area contributed by atoms with Crippen LogP contribution in [0.1, 0.15) is 15.9 Å². The minimum absolute atomic E-state index is 0.431. The summed E-state index contributed by atoms with van der Waals surface area (Å²) in [5, 5.41) is 27.2. The molecule has 76 valence electrons. The quantitative estimate of drug-likeness (QED) is 0.498. The Morgan fingerprint density at radius 1 is 1.36 bits per heavy atom. The first-order valence-electron chi connectivity index (χ1n) is 3.68. The SMILES string of the molecule is O=C(O)c1c(O)cc(CNI)cc1O. The van der Waals surface area contributed by atoms with E-state index in [1.165, 1.54) is 12.1 Å². The van der Waals surface area contributed by atoms with Gasteiger partial charge in [-0.3, -0.25) is 3.53 Å². The van der Waals surface area contributed by atoms with Crippen molar-refractivity contribution in [1.82, 2.24) is 3.53 Å². The fraction of sp³-hybridized carbons (Fsp3) is 0.125. The van der Waals surface area contributed by atoms with Gasteiger partial charge in [0.1, 0.15) is 17.1 Å². The molecular weight excluding hydrogens is 301 g/mol. The molecule has 0 amide bonds. The van der Waals surface area contributed by atoms with Crippen molar-refractivity contribution in [3.63, 3.8) is 0 Å². The summed E-state index contributed by atoms with van der Waals surface area (Å²) in [7, 11) is 0. The zero-order valence-corrected chi connectivity index (χ0v) is 9.15. The molecule has 0 aliphatic carbocycles. The van der Waals surface area contributed by atoms with Gasteiger partial charge in [0.25, 0.3) is 0 Å². The van der Waals surface area contributed by atoms with Gasteiger partial charge in [-0.05, 0) is 17.7 Å². The van der Waals surface area contributed by atoms with Crippen LogP contribution in [-0.4, -0.2) is 21.3 Å². The number of phenols is 2. The van der Waals surface area contributed by atoms with Crippen molar-refractivity contribution in [3.05, 3.63) is 23.3 Å². The van der Waals surface area contributed by atoms with Gasteiger partial charge in [0.15, 0.2) is 0 Å². The number of carbonyl (C=O) groups is 1. The van der Waals surface area contributed by atoms with Crippen LogP contribution in [-0.2, 0) is 6.54 Å². The second-order valence-corrected chi connectivity index (χ2v) is 3.39. The number of halogens is 1. The molecule has 0 unspecified atom stereocenters. The predicted octanol–water partition coefficient (Wildman–Crippen LogP) is 1.24. The Balaban J connectivity index is 3.18. The lowest BCUT2D eigenvalue weighted by Gasteiger charge is -2.05. The average molecular weight is 309 g/mol. The van der Waals surface area contributed by atoms with Crippen molar-refractivity contribution < 1.29 is 20.1 Å². The maximum Gasteiger partial charge on any atom is 0.343 e. The third-order valence-electron chi connectivity index (χ3n) is 1.64. The van der Waals surface area contributed by atoms with Gasteiger partial charge in [-0.15, -0.1) is 0 Å². The number of aromatic carboxylic acids is 1. The summed E-state index contributed by atoms with van der Waals surface area (Å²) in [4.78, 5) is 10.6. The Morgan fingerprint density at radius 3 is 2.21 bits per heavy atom. The number of rotatable bonds is 3. The molecule has 1 rings (SSSR count). The first kappa shape index (κ1) is 11.1. The van der Waals surface area contributed by atoms with Gasteiger partial charge in [-0.1, -0.05) is 0 Å². The third-order valence-corrected chi connectivity index (χ3v) is 2.02. The Labute approximate surface area is 93.9 Å². The second-order valence-electron chi connectivity index (χ2n) is 2.62. The maximum atomic E-state index is 10.6. The molecule has 0 fully saturated rings. The molecule has 0 atom stereocenters. The monoisotopic (exact) mass is 309 g/mol. The first-order chi connectivity index (χ1) is 6.56. The number of carboxylic acid groups (broad SMARTS) is 1. The predicted molar refractivity (Wildman–Crippen MR) is 57.6 cm³/mol. The zero-order chi connectivity index (χ0) is 10.7. The molecule has 6 heteroatoms. The summed E-state index contributed by atoms with van der Waals surface area (Å²) in [6, 6.07) is 2.60. The number of nitrogens with one attached hydrogen (secondary N) is 1. The lowest BCUT2D eigenvalue weighted by Crippen LogP contribution is -2.01. The lowest BCUT2D eigenvalue weighted by atomic mass is 10.1. The molecule has 5 nitrogen and oxygen atoms in total. The third kappa shape index (κ3) is 2.26. The Hall–Kier alpha value is -1.02. The minimum Gasteiger partial charge on any atom is -0.507 e. The van der Waals surface area contributed by atoms with Crippen molar-refractivity contribution >= 4 is 28.8 Å². The van der Waals surface area contributed by atoms with E-state index < -0.39 is 23.0 Å². The van der Waals surface area contributed by atoms with E-state index in [4.69, 9.17) is 5.11 Å². The van der Waals surface area contributed by atoms with E-state index in [9.17, 15) is 15.0 Å². The maximum absolute atomic E-state index is 10.6. The van der Waals surface area contributed by atoms with E-state index in [1.807, 2.05) is 22.9 Å². The molecule has 0 heterocycles. The number of hydrogen-bond acceptors (Lipinski definition) is 4. The van der Waals surface area contributed by atoms with E-state index in [0.29, 0.717) is 12.1 Å². The molecule has 0 bridgehead atoms. The number of carboxylic acids is 1. The average Bonchev–Trinajstić information content (AvgIpc) is 2.01. The van der Waals surface area contributed by atoms with Crippen molar-refractivity contribution in [2.45, 2.75) is 6.54 Å². The van der Waals surface area contributed by atoms with Crippen molar-refractivity contribution in [2.24, 2.45) is 0 Å². The Bertz CT molecular complexity index is 343. The van der Waals surface area contributed by atoms with Crippen LogP contribution in [0.4, 0.5) is 0 Å². The molecule has 14 heavy (non-hydrogen) atoms. The van der Waals surface area contributed by atoms with Crippen LogP contribution in [0, 0.1) is 0 Å². The molecule has 0 spiro atoms. The van der Waals surface area contributed by atoms with Crippen LogP contribution in [0.3, 0.4) is 0 Å². The normalized spacial score (nSPS) is 10.1. The smallest absolute Gasteiger partial charge is 0.343 e. The minimum atomic E-state index is -1.35. The van der Waals surface area contributed by atoms with Gasteiger partial charge in [0.2, 0.25) is 0 Å². The van der Waals surface area contributed by atoms with Gasteiger partial charge in [-0.25, -0.2) is 4.79 Å². The summed E-state index contributed by atoms with van der Waals surface area (Å²) >= 11 is 1.91. The topological polar surface area (TPSA) is 89.8 Å². The van der Waals surface area contributed by atoms with E-state index >= 15 is 0 Å². The molecule has 1 aromatic rings. The van der Waals surface area contributed by atoms with Crippen LogP contribution in [0.2, 0.25) is 0 Å². The van der Waals surface area contributed by atoms with Gasteiger partial charge in [-0.2, -0.15) is 0 Å². The molecule has 0 saturated heterocycles. The molecule has 0 radical (unpaired) electrons. The van der Waals surface area contributed by atoms with E-state index in [0.717, 1.165) is 0 Å². The molecule has 0 aromatic heterocycles. The molecule has 0 aliphatic rings. The molecule has 0 saturated carbocycles. The van der Waals surface area contributed by atoms with Crippen LogP contribution in [0.15, 0.2) is 12.1 Å². The number of aromatic hydroxyl groups is 2. The second kappa shape index (κ2) is 4.47. The Morgan fingerprint density at radius 2 is 1.86 bits per heavy atom. The van der Waals surface area contributed by atoms with E-state index in [-0.39, 0.29) is 0 Å². The highest BCUT2D eigenvalue weighted by atomic mass is 127. The van der Waals surface area contributed by atoms with Gasteiger partial charge in [0.05, 0.1) is 0 Å². The summed E-state index contributed by atoms with van der Waals surface area (Å²) < 4.78 is 2.79. The molecule has 4 N–H and O–H groups in total. The highest BCUT2D eigenvalue weighted by molar-refractivity contribution is 14.1. The van der Waals surface area contributed by atoms with Gasteiger partial charge in [0, 0.05) is 29.4 Å². The zero-order valence-electron chi connectivity index (χ0n) is 6.99.